The lowest BCUT2D eigenvalue weighted by atomic mass is 10.1. The van der Waals surface area contributed by atoms with Gasteiger partial charge in [-0.25, -0.2) is 0 Å². The van der Waals surface area contributed by atoms with Crippen molar-refractivity contribution in [2.75, 3.05) is 0 Å². The van der Waals surface area contributed by atoms with Crippen LogP contribution in [0.1, 0.15) is 5.56 Å². The van der Waals surface area contributed by atoms with Gasteiger partial charge < -0.3 is 4.98 Å². The average Bonchev–Trinajstić information content (AvgIpc) is 2.65. The first-order chi connectivity index (χ1) is 7.79. The number of aromatic amines is 1. The summed E-state index contributed by atoms with van der Waals surface area (Å²) in [5, 5.41) is 2.50. The van der Waals surface area contributed by atoms with E-state index < -0.39 is 0 Å². The van der Waals surface area contributed by atoms with Crippen LogP contribution in [0.25, 0.3) is 27.9 Å². The molecule has 0 radical (unpaired) electrons. The van der Waals surface area contributed by atoms with Crippen molar-refractivity contribution in [2.24, 2.45) is 0 Å². The molecule has 0 amide bonds. The lowest BCUT2D eigenvalue weighted by Crippen LogP contribution is -1.75. The van der Waals surface area contributed by atoms with Crippen LogP contribution in [0.2, 0.25) is 0 Å². The third kappa shape index (κ3) is 1.30. The number of aromatic nitrogens is 1. The molecule has 0 fully saturated rings. The predicted octanol–water partition coefficient (Wildman–Crippen LogP) is 4.73. The fraction of sp³-hybridized carbons (Fsp3) is 0. The monoisotopic (exact) mass is 271 g/mol. The van der Waals surface area contributed by atoms with Gasteiger partial charge in [0.25, 0.3) is 0 Å². The van der Waals surface area contributed by atoms with Crippen LogP contribution in [0.3, 0.4) is 0 Å². The van der Waals surface area contributed by atoms with E-state index in [0.29, 0.717) is 0 Å². The molecule has 1 N–H and O–H groups in total. The Morgan fingerprint density at radius 1 is 1.06 bits per heavy atom. The topological polar surface area (TPSA) is 15.8 Å². The number of hydrogen-bond acceptors (Lipinski definition) is 0. The summed E-state index contributed by atoms with van der Waals surface area (Å²) in [5.74, 6) is 0. The van der Waals surface area contributed by atoms with E-state index in [9.17, 15) is 0 Å². The Hall–Kier alpha value is -1.54. The van der Waals surface area contributed by atoms with E-state index in [1.807, 2.05) is 12.1 Å². The third-order valence-electron chi connectivity index (χ3n) is 2.84. The maximum absolute atomic E-state index is 3.82. The van der Waals surface area contributed by atoms with Crippen LogP contribution in [0.15, 0.2) is 47.4 Å². The molecule has 0 spiro atoms. The quantitative estimate of drug-likeness (QED) is 0.659. The highest BCUT2D eigenvalue weighted by molar-refractivity contribution is 9.10. The van der Waals surface area contributed by atoms with E-state index in [1.165, 1.54) is 16.3 Å². The molecule has 3 rings (SSSR count). The number of benzene rings is 2. The van der Waals surface area contributed by atoms with Gasteiger partial charge in [0, 0.05) is 26.3 Å². The molecule has 1 nitrogen and oxygen atoms in total. The summed E-state index contributed by atoms with van der Waals surface area (Å²) in [6.07, 6.45) is 1.87. The standard InChI is InChI=1S/C14H10BrN/c1-2-9-7-11-10-5-3-4-6-13(10)16-14(11)8-12(9)15/h2-8,16H,1H2. The molecule has 0 bridgehead atoms. The predicted molar refractivity (Wildman–Crippen MR) is 73.6 cm³/mol. The second-order valence-corrected chi connectivity index (χ2v) is 4.65. The van der Waals surface area contributed by atoms with Crippen LogP contribution in [-0.4, -0.2) is 4.98 Å². The molecule has 0 saturated heterocycles. The van der Waals surface area contributed by atoms with E-state index in [2.05, 4.69) is 57.8 Å². The average molecular weight is 272 g/mol. The van der Waals surface area contributed by atoms with Gasteiger partial charge in [-0.1, -0.05) is 46.8 Å². The molecule has 2 aromatic carbocycles. The minimum atomic E-state index is 1.07. The lowest BCUT2D eigenvalue weighted by Gasteiger charge is -1.98. The maximum atomic E-state index is 3.82. The van der Waals surface area contributed by atoms with Crippen LogP contribution < -0.4 is 0 Å². The van der Waals surface area contributed by atoms with Gasteiger partial charge in [-0.15, -0.1) is 0 Å². The number of para-hydroxylation sites is 1. The van der Waals surface area contributed by atoms with Gasteiger partial charge in [0.2, 0.25) is 0 Å². The fourth-order valence-corrected chi connectivity index (χ4v) is 2.55. The first-order valence-electron chi connectivity index (χ1n) is 5.12. The highest BCUT2D eigenvalue weighted by atomic mass is 79.9. The summed E-state index contributed by atoms with van der Waals surface area (Å²) >= 11 is 3.54. The van der Waals surface area contributed by atoms with E-state index in [-0.39, 0.29) is 0 Å². The van der Waals surface area contributed by atoms with Crippen LogP contribution in [0, 0.1) is 0 Å². The first kappa shape index (κ1) is 9.67. The van der Waals surface area contributed by atoms with Gasteiger partial charge in [-0.2, -0.15) is 0 Å². The van der Waals surface area contributed by atoms with Crippen LogP contribution in [0.4, 0.5) is 0 Å². The largest absolute Gasteiger partial charge is 0.354 e. The number of rotatable bonds is 1. The zero-order chi connectivity index (χ0) is 11.1. The Kier molecular flexibility index (Phi) is 2.11. The summed E-state index contributed by atoms with van der Waals surface area (Å²) in [7, 11) is 0. The van der Waals surface area contributed by atoms with Gasteiger partial charge in [0.15, 0.2) is 0 Å². The lowest BCUT2D eigenvalue weighted by molar-refractivity contribution is 1.53. The number of fused-ring (bicyclic) bond motifs is 3. The van der Waals surface area contributed by atoms with E-state index >= 15 is 0 Å². The molecule has 2 heteroatoms. The van der Waals surface area contributed by atoms with Gasteiger partial charge in [-0.3, -0.25) is 0 Å². The molecule has 16 heavy (non-hydrogen) atoms. The van der Waals surface area contributed by atoms with Crippen molar-refractivity contribution in [3.63, 3.8) is 0 Å². The Labute approximate surface area is 102 Å². The molecule has 0 aliphatic rings. The zero-order valence-electron chi connectivity index (χ0n) is 8.63. The summed E-state index contributed by atoms with van der Waals surface area (Å²) in [6.45, 7) is 3.82. The second kappa shape index (κ2) is 3.49. The summed E-state index contributed by atoms with van der Waals surface area (Å²) in [5.41, 5.74) is 3.45. The van der Waals surface area contributed by atoms with Crippen molar-refractivity contribution in [1.82, 2.24) is 4.98 Å². The second-order valence-electron chi connectivity index (χ2n) is 3.79. The normalized spacial score (nSPS) is 11.1. The molecule has 1 aromatic heterocycles. The van der Waals surface area contributed by atoms with Crippen molar-refractivity contribution < 1.29 is 0 Å². The number of halogens is 1. The van der Waals surface area contributed by atoms with Crippen LogP contribution in [0.5, 0.6) is 0 Å². The fourth-order valence-electron chi connectivity index (χ4n) is 2.04. The maximum Gasteiger partial charge on any atom is 0.0476 e. The molecule has 3 aromatic rings. The highest BCUT2D eigenvalue weighted by Gasteiger charge is 2.06. The number of hydrogen-bond donors (Lipinski definition) is 1. The van der Waals surface area contributed by atoms with Crippen molar-refractivity contribution in [3.8, 4) is 0 Å². The molecular formula is C14H10BrN. The molecule has 78 valence electrons. The first-order valence-corrected chi connectivity index (χ1v) is 5.91. The minimum absolute atomic E-state index is 1.07. The Balaban J connectivity index is 2.52. The summed E-state index contributed by atoms with van der Waals surface area (Å²) in [4.78, 5) is 3.41. The van der Waals surface area contributed by atoms with Crippen molar-refractivity contribution in [1.29, 1.82) is 0 Å². The SMILES string of the molecule is C=Cc1cc2c(cc1Br)[nH]c1ccccc12. The van der Waals surface area contributed by atoms with Crippen LogP contribution in [-0.2, 0) is 0 Å². The van der Waals surface area contributed by atoms with Gasteiger partial charge in [0.1, 0.15) is 0 Å². The number of H-pyrrole nitrogens is 1. The van der Waals surface area contributed by atoms with Crippen molar-refractivity contribution >= 4 is 43.8 Å². The Morgan fingerprint density at radius 3 is 2.69 bits per heavy atom. The molecule has 0 aliphatic heterocycles. The Bertz CT molecular complexity index is 694. The molecule has 1 heterocycles. The van der Waals surface area contributed by atoms with E-state index in [4.69, 9.17) is 0 Å². The molecule has 0 aliphatic carbocycles. The molecule has 0 atom stereocenters. The van der Waals surface area contributed by atoms with Crippen LogP contribution >= 0.6 is 15.9 Å². The zero-order valence-corrected chi connectivity index (χ0v) is 10.2. The highest BCUT2D eigenvalue weighted by Crippen LogP contribution is 2.30. The molecular weight excluding hydrogens is 262 g/mol. The van der Waals surface area contributed by atoms with Gasteiger partial charge in [-0.05, 0) is 23.8 Å². The number of nitrogens with one attached hydrogen (secondary N) is 1. The summed E-state index contributed by atoms with van der Waals surface area (Å²) < 4.78 is 1.07. The molecule has 0 saturated carbocycles. The summed E-state index contributed by atoms with van der Waals surface area (Å²) in [6, 6.07) is 12.6. The minimum Gasteiger partial charge on any atom is -0.354 e. The van der Waals surface area contributed by atoms with Crippen molar-refractivity contribution in [3.05, 3.63) is 53.0 Å². The Morgan fingerprint density at radius 2 is 1.88 bits per heavy atom. The van der Waals surface area contributed by atoms with E-state index in [1.54, 1.807) is 0 Å². The van der Waals surface area contributed by atoms with Gasteiger partial charge >= 0.3 is 0 Å². The molecule has 0 unspecified atom stereocenters. The smallest absolute Gasteiger partial charge is 0.0476 e. The van der Waals surface area contributed by atoms with Crippen molar-refractivity contribution in [2.45, 2.75) is 0 Å². The third-order valence-corrected chi connectivity index (χ3v) is 3.53. The van der Waals surface area contributed by atoms with Gasteiger partial charge in [0.05, 0.1) is 0 Å². The van der Waals surface area contributed by atoms with E-state index in [0.717, 1.165) is 15.6 Å².